The second-order valence-corrected chi connectivity index (χ2v) is 18.2. The lowest BCUT2D eigenvalue weighted by molar-refractivity contribution is -0.199. The quantitative estimate of drug-likeness (QED) is 0.139. The molecule has 7 rings (SSSR count). The second kappa shape index (κ2) is 16.0. The lowest BCUT2D eigenvalue weighted by Crippen LogP contribution is -2.65. The van der Waals surface area contributed by atoms with Crippen molar-refractivity contribution in [3.63, 3.8) is 0 Å². The number of carbonyl (C=O) groups is 3. The average Bonchev–Trinajstić information content (AvgIpc) is 3.49. The van der Waals surface area contributed by atoms with E-state index in [2.05, 4.69) is 31.4 Å². The zero-order chi connectivity index (χ0) is 41.5. The van der Waals surface area contributed by atoms with Crippen molar-refractivity contribution in [2.75, 3.05) is 7.11 Å². The molecule has 0 aromatic heterocycles. The van der Waals surface area contributed by atoms with E-state index < -0.39 is 59.7 Å². The number of ether oxygens (including phenoxy) is 4. The van der Waals surface area contributed by atoms with Gasteiger partial charge in [-0.15, -0.1) is 0 Å². The minimum absolute atomic E-state index is 0.0152. The average molecular weight is 787 g/mol. The van der Waals surface area contributed by atoms with Crippen LogP contribution in [0.5, 0.6) is 11.5 Å². The summed E-state index contributed by atoms with van der Waals surface area (Å²) in [6.07, 6.45) is 0.832. The van der Waals surface area contributed by atoms with E-state index in [0.717, 1.165) is 18.4 Å². The zero-order valence-electron chi connectivity index (χ0n) is 34.7. The zero-order valence-corrected chi connectivity index (χ0v) is 34.7. The molecule has 57 heavy (non-hydrogen) atoms. The summed E-state index contributed by atoms with van der Waals surface area (Å²) in [5, 5.41) is 5.86. The number of alkyl carbamates (subject to hydrolysis) is 1. The van der Waals surface area contributed by atoms with Crippen LogP contribution in [0.1, 0.15) is 108 Å². The Kier molecular flexibility index (Phi) is 11.8. The van der Waals surface area contributed by atoms with Crippen LogP contribution >= 0.6 is 0 Å². The van der Waals surface area contributed by atoms with E-state index in [4.69, 9.17) is 28.3 Å². The van der Waals surface area contributed by atoms with Gasteiger partial charge in [0.25, 0.3) is 0 Å². The van der Waals surface area contributed by atoms with E-state index in [1.54, 1.807) is 65.8 Å². The molecule has 4 fully saturated rings. The molecule has 3 aromatic rings. The van der Waals surface area contributed by atoms with Crippen molar-refractivity contribution in [1.29, 1.82) is 0 Å². The highest BCUT2D eigenvalue weighted by Gasteiger charge is 2.68. The molecular weight excluding hydrogens is 730 g/mol. The largest absolute Gasteiger partial charge is 0.495 e. The molecule has 0 radical (unpaired) electrons. The van der Waals surface area contributed by atoms with Gasteiger partial charge in [0.2, 0.25) is 5.91 Å². The predicted octanol–water partition coefficient (Wildman–Crippen LogP) is 7.93. The van der Waals surface area contributed by atoms with Crippen LogP contribution in [0, 0.1) is 23.1 Å². The fraction of sp³-hybridized carbons (Fsp3) is 0.523. The number of amides is 2. The molecule has 1 heterocycles. The number of methoxy groups -OCH3 is 1. The first kappa shape index (κ1) is 42.0. The fourth-order valence-electron chi connectivity index (χ4n) is 8.53. The first-order valence-corrected chi connectivity index (χ1v) is 19.7. The van der Waals surface area contributed by atoms with Gasteiger partial charge < -0.3 is 38.9 Å². The van der Waals surface area contributed by atoms with Crippen LogP contribution in [0.3, 0.4) is 0 Å². The number of halogens is 1. The SMILES string of the molecule is COc1c(CC(NC(=O)C(NC(=O)OC(C)(C)C)c2ccc(OCc3ccccc3)cc2)B2O[C@@H]3C[C@@H]4C[C@@H](C4(C)C)[C@]3(C)O2)ccc(F)c1C(=O)OC(C)(C)C. The van der Waals surface area contributed by atoms with Gasteiger partial charge in [0.05, 0.1) is 24.8 Å². The maximum Gasteiger partial charge on any atom is 0.482 e. The standard InChI is InChI=1S/C44H56BFN2O9/c1-41(2,3)54-39(50)35-31(46)21-18-28(37(35)52-10)22-34(45-56-33-24-29-23-32(43(29,7)8)44(33,9)57-45)47-38(49)36(48-40(51)55-42(4,5)6)27-16-19-30(20-17-27)53-25-26-14-12-11-13-15-26/h11-21,29,32-34,36H,22-25H2,1-10H3,(H,47,49)(H,48,51)/t29-,32-,33+,34?,36?,44-/m0/s1. The molecule has 2 unspecified atom stereocenters. The molecule has 3 saturated carbocycles. The van der Waals surface area contributed by atoms with Crippen molar-refractivity contribution in [2.45, 2.75) is 123 Å². The molecule has 2 amide bonds. The van der Waals surface area contributed by atoms with Crippen molar-refractivity contribution in [3.8, 4) is 11.5 Å². The van der Waals surface area contributed by atoms with Gasteiger partial charge in [0.15, 0.2) is 0 Å². The molecule has 306 valence electrons. The highest BCUT2D eigenvalue weighted by atomic mass is 19.1. The van der Waals surface area contributed by atoms with E-state index >= 15 is 4.39 Å². The molecule has 0 spiro atoms. The van der Waals surface area contributed by atoms with Crippen LogP contribution in [-0.4, -0.2) is 61.0 Å². The Bertz CT molecular complexity index is 1950. The minimum Gasteiger partial charge on any atom is -0.495 e. The van der Waals surface area contributed by atoms with Crippen LogP contribution < -0.4 is 20.1 Å². The number of carbonyl (C=O) groups excluding carboxylic acids is 3. The van der Waals surface area contributed by atoms with E-state index in [1.807, 2.05) is 30.3 Å². The summed E-state index contributed by atoms with van der Waals surface area (Å²) < 4.78 is 51.7. The maximum atomic E-state index is 15.4. The van der Waals surface area contributed by atoms with Crippen molar-refractivity contribution < 1.29 is 47.0 Å². The molecular formula is C44H56BFN2O9. The smallest absolute Gasteiger partial charge is 0.482 e. The van der Waals surface area contributed by atoms with Gasteiger partial charge in [-0.2, -0.15) is 0 Å². The number of benzene rings is 3. The predicted molar refractivity (Wildman–Crippen MR) is 213 cm³/mol. The summed E-state index contributed by atoms with van der Waals surface area (Å²) >= 11 is 0. The van der Waals surface area contributed by atoms with Gasteiger partial charge in [0.1, 0.15) is 46.7 Å². The summed E-state index contributed by atoms with van der Waals surface area (Å²) in [7, 11) is 0.413. The van der Waals surface area contributed by atoms with Gasteiger partial charge in [-0.3, -0.25) is 4.79 Å². The molecule has 1 aliphatic heterocycles. The summed E-state index contributed by atoms with van der Waals surface area (Å²) in [5.74, 6) is -1.89. The Labute approximate surface area is 335 Å². The van der Waals surface area contributed by atoms with E-state index in [-0.39, 0.29) is 35.2 Å². The summed E-state index contributed by atoms with van der Waals surface area (Å²) in [6.45, 7) is 17.2. The van der Waals surface area contributed by atoms with E-state index in [0.29, 0.717) is 29.4 Å². The van der Waals surface area contributed by atoms with E-state index in [9.17, 15) is 14.4 Å². The van der Waals surface area contributed by atoms with Crippen molar-refractivity contribution in [3.05, 3.63) is 94.8 Å². The topological polar surface area (TPSA) is 131 Å². The molecule has 2 bridgehead atoms. The molecule has 13 heteroatoms. The Morgan fingerprint density at radius 1 is 0.895 bits per heavy atom. The molecule has 3 aromatic carbocycles. The van der Waals surface area contributed by atoms with Gasteiger partial charge in [0, 0.05) is 0 Å². The summed E-state index contributed by atoms with van der Waals surface area (Å²) in [5.41, 5.74) is -0.766. The third kappa shape index (κ3) is 9.25. The lowest BCUT2D eigenvalue weighted by atomic mass is 9.43. The van der Waals surface area contributed by atoms with Crippen LogP contribution in [0.2, 0.25) is 0 Å². The third-order valence-electron chi connectivity index (χ3n) is 11.4. The Morgan fingerprint density at radius 2 is 1.56 bits per heavy atom. The number of hydrogen-bond acceptors (Lipinski definition) is 9. The maximum absolute atomic E-state index is 15.4. The fourth-order valence-corrected chi connectivity index (χ4v) is 8.53. The Hall–Kier alpha value is -4.62. The molecule has 2 N–H and O–H groups in total. The molecule has 3 aliphatic carbocycles. The first-order valence-electron chi connectivity index (χ1n) is 19.7. The Morgan fingerprint density at radius 3 is 2.18 bits per heavy atom. The highest BCUT2D eigenvalue weighted by molar-refractivity contribution is 6.48. The van der Waals surface area contributed by atoms with Gasteiger partial charge in [-0.25, -0.2) is 14.0 Å². The lowest BCUT2D eigenvalue weighted by Gasteiger charge is -2.64. The number of rotatable bonds is 12. The third-order valence-corrected chi connectivity index (χ3v) is 11.4. The number of nitrogens with one attached hydrogen (secondary N) is 2. The summed E-state index contributed by atoms with van der Waals surface area (Å²) in [4.78, 5) is 41.2. The van der Waals surface area contributed by atoms with Gasteiger partial charge >= 0.3 is 19.2 Å². The molecule has 4 aliphatic rings. The second-order valence-electron chi connectivity index (χ2n) is 18.2. The normalized spacial score (nSPS) is 23.3. The first-order chi connectivity index (χ1) is 26.7. The van der Waals surface area contributed by atoms with Crippen LogP contribution in [-0.2, 0) is 36.6 Å². The van der Waals surface area contributed by atoms with Crippen molar-refractivity contribution in [2.24, 2.45) is 17.3 Å². The van der Waals surface area contributed by atoms with Crippen molar-refractivity contribution >= 4 is 25.1 Å². The van der Waals surface area contributed by atoms with Crippen LogP contribution in [0.25, 0.3) is 0 Å². The van der Waals surface area contributed by atoms with Gasteiger partial charge in [-0.05, 0) is 120 Å². The molecule has 1 saturated heterocycles. The van der Waals surface area contributed by atoms with Gasteiger partial charge in [-0.1, -0.05) is 62.4 Å². The Balaban J connectivity index is 1.33. The molecule has 11 nitrogen and oxygen atoms in total. The summed E-state index contributed by atoms with van der Waals surface area (Å²) in [6, 6.07) is 18.1. The van der Waals surface area contributed by atoms with Crippen LogP contribution in [0.4, 0.5) is 9.18 Å². The van der Waals surface area contributed by atoms with Crippen LogP contribution in [0.15, 0.2) is 66.7 Å². The minimum atomic E-state index is -1.22. The highest BCUT2D eigenvalue weighted by Crippen LogP contribution is 2.65. The molecule has 6 atom stereocenters. The number of hydrogen-bond donors (Lipinski definition) is 2. The number of esters is 1. The monoisotopic (exact) mass is 786 g/mol. The van der Waals surface area contributed by atoms with Crippen molar-refractivity contribution in [1.82, 2.24) is 10.6 Å². The van der Waals surface area contributed by atoms with E-state index in [1.165, 1.54) is 19.2 Å².